The molecule has 2 aromatic rings. The average Bonchev–Trinajstić information content (AvgIpc) is 2.31. The SMILES string of the molecule is NCc1ccccc1[B]c1ccccc1.O.O. The fraction of sp³-hybridized carbons (Fsp3) is 0.0769. The molecule has 0 aliphatic carbocycles. The summed E-state index contributed by atoms with van der Waals surface area (Å²) in [5.41, 5.74) is 9.27. The predicted octanol–water partition coefficient (Wildman–Crippen LogP) is -0.849. The van der Waals surface area contributed by atoms with Crippen LogP contribution in [-0.2, 0) is 6.54 Å². The molecule has 0 heterocycles. The molecule has 0 aromatic heterocycles. The molecular weight excluding hydrogens is 213 g/mol. The highest BCUT2D eigenvalue weighted by atomic mass is 16.0. The second-order valence-electron chi connectivity index (χ2n) is 3.46. The van der Waals surface area contributed by atoms with Gasteiger partial charge in [0.2, 0.25) is 0 Å². The minimum Gasteiger partial charge on any atom is -0.412 e. The van der Waals surface area contributed by atoms with E-state index in [-0.39, 0.29) is 11.0 Å². The Kier molecular flexibility index (Phi) is 6.90. The van der Waals surface area contributed by atoms with Gasteiger partial charge in [-0.2, -0.15) is 0 Å². The van der Waals surface area contributed by atoms with Crippen LogP contribution in [0, 0.1) is 0 Å². The second-order valence-corrected chi connectivity index (χ2v) is 3.46. The largest absolute Gasteiger partial charge is 0.412 e. The molecule has 0 atom stereocenters. The fourth-order valence-electron chi connectivity index (χ4n) is 1.59. The van der Waals surface area contributed by atoms with Crippen molar-refractivity contribution >= 4 is 18.2 Å². The van der Waals surface area contributed by atoms with E-state index in [1.807, 2.05) is 30.3 Å². The molecule has 0 saturated carbocycles. The summed E-state index contributed by atoms with van der Waals surface area (Å²) in [7, 11) is 2.15. The van der Waals surface area contributed by atoms with Crippen LogP contribution < -0.4 is 16.7 Å². The van der Waals surface area contributed by atoms with Gasteiger partial charge in [-0.05, 0) is 5.56 Å². The summed E-state index contributed by atoms with van der Waals surface area (Å²) in [5.74, 6) is 0. The number of hydrogen-bond donors (Lipinski definition) is 1. The maximum absolute atomic E-state index is 5.68. The van der Waals surface area contributed by atoms with Gasteiger partial charge >= 0.3 is 0 Å². The molecule has 6 N–H and O–H groups in total. The zero-order valence-corrected chi connectivity index (χ0v) is 9.56. The first-order chi connectivity index (χ1) is 7.40. The summed E-state index contributed by atoms with van der Waals surface area (Å²) in [5, 5.41) is 0. The van der Waals surface area contributed by atoms with E-state index in [0.717, 1.165) is 0 Å². The van der Waals surface area contributed by atoms with Gasteiger partial charge in [0.1, 0.15) is 0 Å². The van der Waals surface area contributed by atoms with Gasteiger partial charge in [0.25, 0.3) is 0 Å². The van der Waals surface area contributed by atoms with Crippen molar-refractivity contribution < 1.29 is 11.0 Å². The Bertz CT molecular complexity index is 434. The lowest BCUT2D eigenvalue weighted by molar-refractivity contribution is 0.823. The molecule has 0 spiro atoms. The number of benzene rings is 2. The maximum atomic E-state index is 5.68. The fourth-order valence-corrected chi connectivity index (χ4v) is 1.59. The summed E-state index contributed by atoms with van der Waals surface area (Å²) in [4.78, 5) is 0. The van der Waals surface area contributed by atoms with E-state index in [1.54, 1.807) is 0 Å². The Morgan fingerprint density at radius 1 is 0.824 bits per heavy atom. The summed E-state index contributed by atoms with van der Waals surface area (Å²) < 4.78 is 0. The Balaban J connectivity index is 0.00000128. The van der Waals surface area contributed by atoms with Crippen LogP contribution in [0.1, 0.15) is 5.56 Å². The third kappa shape index (κ3) is 4.03. The molecule has 17 heavy (non-hydrogen) atoms. The van der Waals surface area contributed by atoms with Gasteiger partial charge in [0.15, 0.2) is 7.28 Å². The first-order valence-corrected chi connectivity index (χ1v) is 5.08. The van der Waals surface area contributed by atoms with E-state index in [0.29, 0.717) is 6.54 Å². The highest BCUT2D eigenvalue weighted by Crippen LogP contribution is 1.93. The minimum atomic E-state index is 0. The lowest BCUT2D eigenvalue weighted by Gasteiger charge is -2.06. The molecule has 0 amide bonds. The zero-order valence-electron chi connectivity index (χ0n) is 9.56. The van der Waals surface area contributed by atoms with E-state index in [9.17, 15) is 0 Å². The van der Waals surface area contributed by atoms with E-state index in [4.69, 9.17) is 5.73 Å². The van der Waals surface area contributed by atoms with Crippen LogP contribution in [0.4, 0.5) is 0 Å². The van der Waals surface area contributed by atoms with Crippen molar-refractivity contribution in [2.24, 2.45) is 5.73 Å². The van der Waals surface area contributed by atoms with Gasteiger partial charge < -0.3 is 16.7 Å². The Hall–Kier alpha value is -1.62. The highest BCUT2D eigenvalue weighted by Gasteiger charge is 2.02. The van der Waals surface area contributed by atoms with Gasteiger partial charge in [-0.1, -0.05) is 65.5 Å². The van der Waals surface area contributed by atoms with Crippen molar-refractivity contribution in [3.63, 3.8) is 0 Å². The molecule has 1 radical (unpaired) electrons. The van der Waals surface area contributed by atoms with Crippen LogP contribution >= 0.6 is 0 Å². The topological polar surface area (TPSA) is 89.0 Å². The van der Waals surface area contributed by atoms with Gasteiger partial charge in [-0.3, -0.25) is 0 Å². The normalized spacial score (nSPS) is 8.76. The van der Waals surface area contributed by atoms with Gasteiger partial charge in [0, 0.05) is 6.54 Å². The first-order valence-electron chi connectivity index (χ1n) is 5.08. The number of nitrogens with two attached hydrogens (primary N) is 1. The smallest absolute Gasteiger partial charge is 0.191 e. The molecular formula is C13H17BNO2. The average molecular weight is 230 g/mol. The maximum Gasteiger partial charge on any atom is 0.191 e. The van der Waals surface area contributed by atoms with E-state index < -0.39 is 0 Å². The molecule has 2 rings (SSSR count). The molecule has 0 aliphatic rings. The second kappa shape index (κ2) is 7.62. The zero-order chi connectivity index (χ0) is 10.5. The Labute approximate surface area is 102 Å². The lowest BCUT2D eigenvalue weighted by Crippen LogP contribution is -2.30. The predicted molar refractivity (Wildman–Crippen MR) is 73.0 cm³/mol. The summed E-state index contributed by atoms with van der Waals surface area (Å²) >= 11 is 0. The lowest BCUT2D eigenvalue weighted by atomic mass is 9.62. The van der Waals surface area contributed by atoms with Gasteiger partial charge in [0.05, 0.1) is 0 Å². The summed E-state index contributed by atoms with van der Waals surface area (Å²) in [6, 6.07) is 18.5. The third-order valence-corrected chi connectivity index (χ3v) is 2.40. The monoisotopic (exact) mass is 230 g/mol. The molecule has 0 bridgehead atoms. The summed E-state index contributed by atoms with van der Waals surface area (Å²) in [6.45, 7) is 0.583. The minimum absolute atomic E-state index is 0. The van der Waals surface area contributed by atoms with Crippen LogP contribution in [0.15, 0.2) is 54.6 Å². The first kappa shape index (κ1) is 15.4. The molecule has 89 valence electrons. The quantitative estimate of drug-likeness (QED) is 0.684. The molecule has 0 aliphatic heterocycles. The van der Waals surface area contributed by atoms with Crippen LogP contribution in [0.3, 0.4) is 0 Å². The van der Waals surface area contributed by atoms with Crippen molar-refractivity contribution in [1.29, 1.82) is 0 Å². The molecule has 0 saturated heterocycles. The van der Waals surface area contributed by atoms with E-state index in [1.165, 1.54) is 16.5 Å². The third-order valence-electron chi connectivity index (χ3n) is 2.40. The molecule has 0 unspecified atom stereocenters. The highest BCUT2D eigenvalue weighted by molar-refractivity contribution is 6.67. The number of hydrogen-bond acceptors (Lipinski definition) is 1. The Morgan fingerprint density at radius 3 is 2.06 bits per heavy atom. The molecule has 3 nitrogen and oxygen atoms in total. The van der Waals surface area contributed by atoms with Crippen LogP contribution in [0.2, 0.25) is 0 Å². The van der Waals surface area contributed by atoms with Gasteiger partial charge in [-0.15, -0.1) is 0 Å². The van der Waals surface area contributed by atoms with Crippen LogP contribution in [0.25, 0.3) is 0 Å². The van der Waals surface area contributed by atoms with Crippen molar-refractivity contribution in [1.82, 2.24) is 0 Å². The van der Waals surface area contributed by atoms with E-state index in [2.05, 4.69) is 31.5 Å². The Morgan fingerprint density at radius 2 is 1.41 bits per heavy atom. The van der Waals surface area contributed by atoms with Crippen molar-refractivity contribution in [3.05, 3.63) is 60.2 Å². The van der Waals surface area contributed by atoms with Crippen molar-refractivity contribution in [2.75, 3.05) is 0 Å². The van der Waals surface area contributed by atoms with E-state index >= 15 is 0 Å². The standard InChI is InChI=1S/C13H13BN.2H2O/c15-10-11-6-4-5-9-13(11)14-12-7-2-1-3-8-12;;/h1-9H,10,15H2;2*1H2. The van der Waals surface area contributed by atoms with Crippen LogP contribution in [0.5, 0.6) is 0 Å². The van der Waals surface area contributed by atoms with Gasteiger partial charge in [-0.25, -0.2) is 0 Å². The van der Waals surface area contributed by atoms with Crippen LogP contribution in [-0.4, -0.2) is 18.2 Å². The summed E-state index contributed by atoms with van der Waals surface area (Å²) in [6.07, 6.45) is 0. The van der Waals surface area contributed by atoms with Crippen molar-refractivity contribution in [2.45, 2.75) is 6.54 Å². The molecule has 2 aromatic carbocycles. The van der Waals surface area contributed by atoms with Crippen molar-refractivity contribution in [3.8, 4) is 0 Å². The molecule has 0 fully saturated rings. The molecule has 4 heteroatoms. The number of rotatable bonds is 3.